The molecule has 4 nitrogen and oxygen atoms in total. The molecular formula is C12H21NO3. The van der Waals surface area contributed by atoms with Crippen molar-refractivity contribution in [2.24, 2.45) is 0 Å². The van der Waals surface area contributed by atoms with E-state index in [9.17, 15) is 9.59 Å². The van der Waals surface area contributed by atoms with Gasteiger partial charge in [-0.2, -0.15) is 0 Å². The molecule has 0 radical (unpaired) electrons. The van der Waals surface area contributed by atoms with Gasteiger partial charge in [0.1, 0.15) is 11.9 Å². The number of carbonyl (C=O) groups is 2. The van der Waals surface area contributed by atoms with Crippen LogP contribution in [0, 0.1) is 0 Å². The third-order valence-electron chi connectivity index (χ3n) is 2.62. The number of rotatable bonds is 3. The largest absolute Gasteiger partial charge is 0.444 e. The van der Waals surface area contributed by atoms with Crippen molar-refractivity contribution in [3.05, 3.63) is 0 Å². The lowest BCUT2D eigenvalue weighted by Gasteiger charge is -2.28. The average Bonchev–Trinajstić information content (AvgIpc) is 2.59. The van der Waals surface area contributed by atoms with Crippen LogP contribution in [0.15, 0.2) is 0 Å². The van der Waals surface area contributed by atoms with Crippen molar-refractivity contribution < 1.29 is 14.3 Å². The van der Waals surface area contributed by atoms with Gasteiger partial charge in [0.05, 0.1) is 0 Å². The van der Waals surface area contributed by atoms with Crippen molar-refractivity contribution in [3.63, 3.8) is 0 Å². The van der Waals surface area contributed by atoms with E-state index in [4.69, 9.17) is 4.74 Å². The number of carbonyl (C=O) groups excluding carboxylic acids is 2. The van der Waals surface area contributed by atoms with Gasteiger partial charge in [0.25, 0.3) is 0 Å². The highest BCUT2D eigenvalue weighted by molar-refractivity contribution is 5.69. The summed E-state index contributed by atoms with van der Waals surface area (Å²) in [7, 11) is 0. The zero-order valence-corrected chi connectivity index (χ0v) is 10.4. The molecule has 1 aliphatic heterocycles. The van der Waals surface area contributed by atoms with Crippen molar-refractivity contribution in [2.45, 2.75) is 58.1 Å². The second kappa shape index (κ2) is 5.32. The Kier molecular flexibility index (Phi) is 4.33. The van der Waals surface area contributed by atoms with Gasteiger partial charge in [-0.25, -0.2) is 4.79 Å². The lowest BCUT2D eigenvalue weighted by Crippen LogP contribution is -2.39. The highest BCUT2D eigenvalue weighted by Crippen LogP contribution is 2.23. The minimum absolute atomic E-state index is 0.181. The SMILES string of the molecule is CC(C)(C)OC(=O)N1CCCC1CCC=O. The van der Waals surface area contributed by atoms with E-state index in [2.05, 4.69) is 0 Å². The Labute approximate surface area is 96.9 Å². The molecule has 0 aromatic carbocycles. The number of hydrogen-bond acceptors (Lipinski definition) is 3. The minimum Gasteiger partial charge on any atom is -0.444 e. The summed E-state index contributed by atoms with van der Waals surface area (Å²) in [5.74, 6) is 0. The zero-order chi connectivity index (χ0) is 12.2. The van der Waals surface area contributed by atoms with E-state index in [1.165, 1.54) is 0 Å². The molecule has 0 aromatic heterocycles. The van der Waals surface area contributed by atoms with Crippen LogP contribution in [0.4, 0.5) is 4.79 Å². The van der Waals surface area contributed by atoms with Gasteiger partial charge in [0.2, 0.25) is 0 Å². The lowest BCUT2D eigenvalue weighted by molar-refractivity contribution is -0.108. The predicted molar refractivity (Wildman–Crippen MR) is 61.3 cm³/mol. The van der Waals surface area contributed by atoms with Crippen LogP contribution in [0.3, 0.4) is 0 Å². The first-order valence-corrected chi connectivity index (χ1v) is 5.87. The summed E-state index contributed by atoms with van der Waals surface area (Å²) >= 11 is 0. The summed E-state index contributed by atoms with van der Waals surface area (Å²) in [5, 5.41) is 0. The normalized spacial score (nSPS) is 20.9. The fraction of sp³-hybridized carbons (Fsp3) is 0.833. The standard InChI is InChI=1S/C12H21NO3/c1-12(2,3)16-11(15)13-8-4-6-10(13)7-5-9-14/h9-10H,4-8H2,1-3H3. The minimum atomic E-state index is -0.450. The van der Waals surface area contributed by atoms with Crippen LogP contribution in [0.25, 0.3) is 0 Å². The molecule has 1 heterocycles. The van der Waals surface area contributed by atoms with Crippen molar-refractivity contribution >= 4 is 12.4 Å². The van der Waals surface area contributed by atoms with E-state index in [1.807, 2.05) is 20.8 Å². The van der Waals surface area contributed by atoms with Gasteiger partial charge in [-0.15, -0.1) is 0 Å². The highest BCUT2D eigenvalue weighted by Gasteiger charge is 2.31. The Morgan fingerprint density at radius 1 is 1.50 bits per heavy atom. The lowest BCUT2D eigenvalue weighted by atomic mass is 10.1. The molecule has 1 unspecified atom stereocenters. The maximum Gasteiger partial charge on any atom is 0.410 e. The molecule has 1 fully saturated rings. The Balaban J connectivity index is 2.50. The van der Waals surface area contributed by atoms with Gasteiger partial charge < -0.3 is 14.4 Å². The molecular weight excluding hydrogens is 206 g/mol. The molecule has 1 rings (SSSR count). The number of aldehydes is 1. The van der Waals surface area contributed by atoms with E-state index in [-0.39, 0.29) is 12.1 Å². The summed E-state index contributed by atoms with van der Waals surface area (Å²) in [6.45, 7) is 6.34. The Bertz CT molecular complexity index is 257. The van der Waals surface area contributed by atoms with Gasteiger partial charge in [0.15, 0.2) is 0 Å². The van der Waals surface area contributed by atoms with Gasteiger partial charge in [0, 0.05) is 19.0 Å². The monoisotopic (exact) mass is 227 g/mol. The van der Waals surface area contributed by atoms with Crippen LogP contribution in [0.1, 0.15) is 46.5 Å². The van der Waals surface area contributed by atoms with Crippen LogP contribution in [0.5, 0.6) is 0 Å². The molecule has 0 aromatic rings. The van der Waals surface area contributed by atoms with E-state index in [1.54, 1.807) is 4.90 Å². The Morgan fingerprint density at radius 2 is 2.19 bits per heavy atom. The molecule has 1 amide bonds. The van der Waals surface area contributed by atoms with Crippen LogP contribution in [-0.2, 0) is 9.53 Å². The van der Waals surface area contributed by atoms with Gasteiger partial charge in [-0.1, -0.05) is 0 Å². The van der Waals surface area contributed by atoms with Crippen LogP contribution in [-0.4, -0.2) is 35.5 Å². The predicted octanol–water partition coefficient (Wildman–Crippen LogP) is 2.37. The van der Waals surface area contributed by atoms with Crippen LogP contribution in [0.2, 0.25) is 0 Å². The fourth-order valence-electron chi connectivity index (χ4n) is 1.96. The zero-order valence-electron chi connectivity index (χ0n) is 10.4. The van der Waals surface area contributed by atoms with E-state index in [0.717, 1.165) is 32.1 Å². The summed E-state index contributed by atoms with van der Waals surface area (Å²) < 4.78 is 5.33. The molecule has 16 heavy (non-hydrogen) atoms. The van der Waals surface area contributed by atoms with Gasteiger partial charge in [-0.05, 0) is 40.0 Å². The van der Waals surface area contributed by atoms with E-state index < -0.39 is 5.60 Å². The molecule has 1 aliphatic rings. The van der Waals surface area contributed by atoms with Gasteiger partial charge in [-0.3, -0.25) is 0 Å². The molecule has 1 atom stereocenters. The summed E-state index contributed by atoms with van der Waals surface area (Å²) in [6.07, 6.45) is 3.91. The van der Waals surface area contributed by atoms with Crippen molar-refractivity contribution in [3.8, 4) is 0 Å². The summed E-state index contributed by atoms with van der Waals surface area (Å²) in [6, 6.07) is 0.181. The molecule has 92 valence electrons. The first kappa shape index (κ1) is 13.0. The average molecular weight is 227 g/mol. The molecule has 0 aliphatic carbocycles. The van der Waals surface area contributed by atoms with Crippen molar-refractivity contribution in [1.29, 1.82) is 0 Å². The smallest absolute Gasteiger partial charge is 0.410 e. The Hall–Kier alpha value is -1.06. The van der Waals surface area contributed by atoms with Crippen molar-refractivity contribution in [1.82, 2.24) is 4.90 Å². The second-order valence-corrected chi connectivity index (χ2v) is 5.21. The third-order valence-corrected chi connectivity index (χ3v) is 2.62. The molecule has 0 saturated carbocycles. The summed E-state index contributed by atoms with van der Waals surface area (Å²) in [4.78, 5) is 23.9. The number of amides is 1. The maximum atomic E-state index is 11.8. The summed E-state index contributed by atoms with van der Waals surface area (Å²) in [5.41, 5.74) is -0.450. The third kappa shape index (κ3) is 3.83. The number of nitrogens with zero attached hydrogens (tertiary/aromatic N) is 1. The molecule has 1 saturated heterocycles. The van der Waals surface area contributed by atoms with Gasteiger partial charge >= 0.3 is 6.09 Å². The number of ether oxygens (including phenoxy) is 1. The maximum absolute atomic E-state index is 11.8. The quantitative estimate of drug-likeness (QED) is 0.695. The Morgan fingerprint density at radius 3 is 2.75 bits per heavy atom. The number of likely N-dealkylation sites (tertiary alicyclic amines) is 1. The fourth-order valence-corrected chi connectivity index (χ4v) is 1.96. The van der Waals surface area contributed by atoms with Crippen LogP contribution >= 0.6 is 0 Å². The second-order valence-electron chi connectivity index (χ2n) is 5.21. The highest BCUT2D eigenvalue weighted by atomic mass is 16.6. The van der Waals surface area contributed by atoms with E-state index >= 15 is 0 Å². The molecule has 0 spiro atoms. The molecule has 4 heteroatoms. The van der Waals surface area contributed by atoms with E-state index in [0.29, 0.717) is 6.42 Å². The molecule has 0 bridgehead atoms. The topological polar surface area (TPSA) is 46.6 Å². The number of hydrogen-bond donors (Lipinski definition) is 0. The van der Waals surface area contributed by atoms with Crippen LogP contribution < -0.4 is 0 Å². The first-order valence-electron chi connectivity index (χ1n) is 5.87. The van der Waals surface area contributed by atoms with Crippen molar-refractivity contribution in [2.75, 3.05) is 6.54 Å². The first-order chi connectivity index (χ1) is 7.44. The molecule has 0 N–H and O–H groups in total.